The van der Waals surface area contributed by atoms with E-state index in [4.69, 9.17) is 0 Å². The van der Waals surface area contributed by atoms with E-state index in [1.54, 1.807) is 12.1 Å². The summed E-state index contributed by atoms with van der Waals surface area (Å²) < 4.78 is 13.4. The second-order valence-corrected chi connectivity index (χ2v) is 5.20. The number of nitrogens with one attached hydrogen (secondary N) is 1. The average Bonchev–Trinajstić information content (AvgIpc) is 2.46. The Bertz CT molecular complexity index is 444. The van der Waals surface area contributed by atoms with E-state index in [1.807, 2.05) is 11.0 Å². The number of likely N-dealkylation sites (N-methyl/N-ethyl adjacent to an activating group) is 1. The number of benzene rings is 1. The maximum absolute atomic E-state index is 13.4. The van der Waals surface area contributed by atoms with Gasteiger partial charge in [-0.05, 0) is 13.1 Å². The Balaban J connectivity index is 1.66. The van der Waals surface area contributed by atoms with Gasteiger partial charge in [0.15, 0.2) is 0 Å². The lowest BCUT2D eigenvalue weighted by molar-refractivity contribution is -0.132. The number of nitrogens with zero attached hydrogens (tertiary/aromatic N) is 2. The summed E-state index contributed by atoms with van der Waals surface area (Å²) in [6.45, 7) is 4.54. The van der Waals surface area contributed by atoms with Crippen molar-refractivity contribution in [1.29, 1.82) is 0 Å². The number of carbonyl (C=O) groups excluding carboxylic acids is 1. The Hall–Kier alpha value is -1.46. The molecule has 1 aliphatic heterocycles. The number of piperazine rings is 1. The number of hydrogen-bond acceptors (Lipinski definition) is 3. The van der Waals surface area contributed by atoms with Crippen LogP contribution >= 0.6 is 0 Å². The molecule has 1 fully saturated rings. The third-order valence-electron chi connectivity index (χ3n) is 3.64. The Morgan fingerprint density at radius 3 is 2.65 bits per heavy atom. The third kappa shape index (κ3) is 4.28. The summed E-state index contributed by atoms with van der Waals surface area (Å²) in [5, 5.41) is 3.12. The van der Waals surface area contributed by atoms with Gasteiger partial charge in [-0.3, -0.25) is 4.79 Å². The van der Waals surface area contributed by atoms with Crippen molar-refractivity contribution in [3.63, 3.8) is 0 Å². The van der Waals surface area contributed by atoms with Crippen LogP contribution in [0.2, 0.25) is 0 Å². The van der Waals surface area contributed by atoms with Crippen LogP contribution in [0.25, 0.3) is 0 Å². The van der Waals surface area contributed by atoms with E-state index in [0.29, 0.717) is 25.1 Å². The van der Waals surface area contributed by atoms with E-state index in [2.05, 4.69) is 17.3 Å². The van der Waals surface area contributed by atoms with E-state index in [-0.39, 0.29) is 11.7 Å². The van der Waals surface area contributed by atoms with Crippen LogP contribution in [-0.4, -0.2) is 55.5 Å². The van der Waals surface area contributed by atoms with Gasteiger partial charge in [0.25, 0.3) is 0 Å². The molecule has 110 valence electrons. The zero-order chi connectivity index (χ0) is 14.4. The van der Waals surface area contributed by atoms with Crippen molar-refractivity contribution < 1.29 is 9.18 Å². The fourth-order valence-electron chi connectivity index (χ4n) is 2.27. The lowest BCUT2D eigenvalue weighted by Crippen LogP contribution is -2.47. The molecule has 5 heteroatoms. The summed E-state index contributed by atoms with van der Waals surface area (Å²) in [5.41, 5.74) is 0.638. The Morgan fingerprint density at radius 2 is 1.95 bits per heavy atom. The first-order valence-electron chi connectivity index (χ1n) is 7.07. The van der Waals surface area contributed by atoms with Gasteiger partial charge < -0.3 is 15.1 Å². The number of amides is 1. The van der Waals surface area contributed by atoms with Gasteiger partial charge in [0.2, 0.25) is 5.91 Å². The highest BCUT2D eigenvalue weighted by Gasteiger charge is 2.18. The molecule has 1 saturated heterocycles. The first-order chi connectivity index (χ1) is 9.66. The van der Waals surface area contributed by atoms with Crippen LogP contribution in [-0.2, 0) is 11.3 Å². The largest absolute Gasteiger partial charge is 0.340 e. The van der Waals surface area contributed by atoms with E-state index in [9.17, 15) is 9.18 Å². The summed E-state index contributed by atoms with van der Waals surface area (Å²) in [6.07, 6.45) is 0.470. The molecule has 1 heterocycles. The van der Waals surface area contributed by atoms with Crippen molar-refractivity contribution >= 4 is 5.91 Å². The van der Waals surface area contributed by atoms with Crippen molar-refractivity contribution in [3.8, 4) is 0 Å². The minimum absolute atomic E-state index is 0.180. The van der Waals surface area contributed by atoms with Crippen LogP contribution in [0.3, 0.4) is 0 Å². The minimum atomic E-state index is -0.203. The molecule has 0 radical (unpaired) electrons. The predicted molar refractivity (Wildman–Crippen MR) is 76.8 cm³/mol. The predicted octanol–water partition coefficient (Wildman–Crippen LogP) is 1.08. The fraction of sp³-hybridized carbons (Fsp3) is 0.533. The highest BCUT2D eigenvalue weighted by atomic mass is 19.1. The summed E-state index contributed by atoms with van der Waals surface area (Å²) in [6, 6.07) is 6.70. The molecular formula is C15H22FN3O. The maximum Gasteiger partial charge on any atom is 0.223 e. The van der Waals surface area contributed by atoms with Crippen LogP contribution in [0.4, 0.5) is 4.39 Å². The summed E-state index contributed by atoms with van der Waals surface area (Å²) in [4.78, 5) is 16.1. The average molecular weight is 279 g/mol. The van der Waals surface area contributed by atoms with Crippen molar-refractivity contribution in [2.75, 3.05) is 39.8 Å². The van der Waals surface area contributed by atoms with Crippen molar-refractivity contribution in [3.05, 3.63) is 35.6 Å². The number of halogens is 1. The molecule has 1 N–H and O–H groups in total. The lowest BCUT2D eigenvalue weighted by atomic mass is 10.2. The van der Waals surface area contributed by atoms with Crippen LogP contribution in [0.5, 0.6) is 0 Å². The standard InChI is InChI=1S/C15H22FN3O/c1-18-8-10-19(11-9-18)15(20)6-7-17-12-13-4-2-3-5-14(13)16/h2-5,17H,6-12H2,1H3. The van der Waals surface area contributed by atoms with E-state index in [1.165, 1.54) is 6.07 Å². The molecule has 1 aromatic carbocycles. The van der Waals surface area contributed by atoms with Crippen molar-refractivity contribution in [2.24, 2.45) is 0 Å². The van der Waals surface area contributed by atoms with E-state index in [0.717, 1.165) is 26.2 Å². The van der Waals surface area contributed by atoms with Gasteiger partial charge in [0.1, 0.15) is 5.82 Å². The molecule has 1 aliphatic rings. The van der Waals surface area contributed by atoms with Crippen LogP contribution in [0.15, 0.2) is 24.3 Å². The van der Waals surface area contributed by atoms with Crippen LogP contribution < -0.4 is 5.32 Å². The van der Waals surface area contributed by atoms with Gasteiger partial charge in [0.05, 0.1) is 0 Å². The molecule has 0 aliphatic carbocycles. The Labute approximate surface area is 119 Å². The number of carbonyl (C=O) groups is 1. The van der Waals surface area contributed by atoms with E-state index >= 15 is 0 Å². The zero-order valence-electron chi connectivity index (χ0n) is 11.9. The molecule has 0 atom stereocenters. The molecule has 4 nitrogen and oxygen atoms in total. The molecular weight excluding hydrogens is 257 g/mol. The zero-order valence-corrected chi connectivity index (χ0v) is 11.9. The summed E-state index contributed by atoms with van der Waals surface area (Å²) in [7, 11) is 2.07. The van der Waals surface area contributed by atoms with Crippen molar-refractivity contribution in [2.45, 2.75) is 13.0 Å². The quantitative estimate of drug-likeness (QED) is 0.819. The van der Waals surface area contributed by atoms with Crippen LogP contribution in [0, 0.1) is 5.82 Å². The lowest BCUT2D eigenvalue weighted by Gasteiger charge is -2.32. The van der Waals surface area contributed by atoms with Crippen LogP contribution in [0.1, 0.15) is 12.0 Å². The molecule has 1 amide bonds. The second kappa shape index (κ2) is 7.36. The van der Waals surface area contributed by atoms with Crippen molar-refractivity contribution in [1.82, 2.24) is 15.1 Å². The Morgan fingerprint density at radius 1 is 1.25 bits per heavy atom. The summed E-state index contributed by atoms with van der Waals surface area (Å²) in [5.74, 6) is -0.0236. The molecule has 0 saturated carbocycles. The number of rotatable bonds is 5. The molecule has 1 aromatic rings. The molecule has 0 spiro atoms. The number of hydrogen-bond donors (Lipinski definition) is 1. The molecule has 20 heavy (non-hydrogen) atoms. The fourth-order valence-corrected chi connectivity index (χ4v) is 2.27. The van der Waals surface area contributed by atoms with Gasteiger partial charge >= 0.3 is 0 Å². The SMILES string of the molecule is CN1CCN(C(=O)CCNCc2ccccc2F)CC1. The first-order valence-corrected chi connectivity index (χ1v) is 7.07. The third-order valence-corrected chi connectivity index (χ3v) is 3.64. The molecule has 0 aromatic heterocycles. The van der Waals surface area contributed by atoms with Gasteiger partial charge in [-0.1, -0.05) is 18.2 Å². The topological polar surface area (TPSA) is 35.6 Å². The molecule has 0 bridgehead atoms. The van der Waals surface area contributed by atoms with Gasteiger partial charge in [-0.2, -0.15) is 0 Å². The monoisotopic (exact) mass is 279 g/mol. The highest BCUT2D eigenvalue weighted by Crippen LogP contribution is 2.06. The second-order valence-electron chi connectivity index (χ2n) is 5.20. The van der Waals surface area contributed by atoms with Gasteiger partial charge in [-0.25, -0.2) is 4.39 Å². The Kier molecular flexibility index (Phi) is 5.49. The van der Waals surface area contributed by atoms with E-state index < -0.39 is 0 Å². The summed E-state index contributed by atoms with van der Waals surface area (Å²) >= 11 is 0. The first kappa shape index (κ1) is 14.9. The molecule has 2 rings (SSSR count). The maximum atomic E-state index is 13.4. The smallest absolute Gasteiger partial charge is 0.223 e. The minimum Gasteiger partial charge on any atom is -0.340 e. The van der Waals surface area contributed by atoms with Gasteiger partial charge in [-0.15, -0.1) is 0 Å². The molecule has 0 unspecified atom stereocenters. The normalized spacial score (nSPS) is 16.4. The van der Waals surface area contributed by atoms with Gasteiger partial charge in [0, 0.05) is 51.3 Å². The highest BCUT2D eigenvalue weighted by molar-refractivity contribution is 5.76.